The molecule has 1 atom stereocenters. The van der Waals surface area contributed by atoms with Gasteiger partial charge in [0.1, 0.15) is 11.3 Å². The third-order valence-corrected chi connectivity index (χ3v) is 5.08. The number of ether oxygens (including phenoxy) is 1. The number of hydrogen-bond acceptors (Lipinski definition) is 4. The normalized spacial score (nSPS) is 18.6. The quantitative estimate of drug-likeness (QED) is 0.515. The molecule has 7 nitrogen and oxygen atoms in total. The molecule has 1 aliphatic rings. The van der Waals surface area contributed by atoms with Crippen molar-refractivity contribution in [2.24, 2.45) is 0 Å². The summed E-state index contributed by atoms with van der Waals surface area (Å²) in [5.41, 5.74) is 4.03. The van der Waals surface area contributed by atoms with Crippen LogP contribution < -0.4 is 20.8 Å². The minimum atomic E-state index is -1.23. The molecule has 1 heterocycles. The van der Waals surface area contributed by atoms with Crippen molar-refractivity contribution in [3.05, 3.63) is 59.7 Å². The fourth-order valence-electron chi connectivity index (χ4n) is 3.08. The van der Waals surface area contributed by atoms with Crippen LogP contribution in [0.15, 0.2) is 48.5 Å². The molecule has 0 unspecified atom stereocenters. The SMILES string of the molecule is COc1cccc([C@@]2(C)NC(=O)N(NC(=S)Nc3ccc(C(C)C)cc3)C2=O)c1. The number of hydrogen-bond donors (Lipinski definition) is 3. The zero-order chi connectivity index (χ0) is 21.2. The minimum absolute atomic E-state index is 0.140. The number of nitrogens with one attached hydrogen (secondary N) is 3. The van der Waals surface area contributed by atoms with Gasteiger partial charge in [0.15, 0.2) is 5.11 Å². The second-order valence-corrected chi connectivity index (χ2v) is 7.68. The fraction of sp³-hybridized carbons (Fsp3) is 0.286. The first kappa shape index (κ1) is 20.6. The third-order valence-electron chi connectivity index (χ3n) is 4.89. The molecule has 152 valence electrons. The molecule has 0 aromatic heterocycles. The van der Waals surface area contributed by atoms with E-state index >= 15 is 0 Å². The Balaban J connectivity index is 1.71. The summed E-state index contributed by atoms with van der Waals surface area (Å²) in [6.07, 6.45) is 0. The molecule has 0 bridgehead atoms. The number of carbonyl (C=O) groups is 2. The van der Waals surface area contributed by atoms with Gasteiger partial charge in [-0.1, -0.05) is 38.1 Å². The van der Waals surface area contributed by atoms with E-state index in [0.717, 1.165) is 10.7 Å². The highest BCUT2D eigenvalue weighted by molar-refractivity contribution is 7.80. The maximum Gasteiger partial charge on any atom is 0.344 e. The van der Waals surface area contributed by atoms with Crippen molar-refractivity contribution < 1.29 is 14.3 Å². The Labute approximate surface area is 175 Å². The molecule has 1 aliphatic heterocycles. The van der Waals surface area contributed by atoms with E-state index in [0.29, 0.717) is 17.2 Å². The summed E-state index contributed by atoms with van der Waals surface area (Å²) in [6.45, 7) is 5.88. The number of rotatable bonds is 5. The van der Waals surface area contributed by atoms with Gasteiger partial charge in [-0.25, -0.2) is 4.79 Å². The van der Waals surface area contributed by atoms with Crippen molar-refractivity contribution in [2.75, 3.05) is 12.4 Å². The number of thiocarbonyl (C=S) groups is 1. The van der Waals surface area contributed by atoms with E-state index in [1.807, 2.05) is 24.3 Å². The van der Waals surface area contributed by atoms with Gasteiger partial charge in [0, 0.05) is 5.69 Å². The number of amides is 3. The van der Waals surface area contributed by atoms with E-state index in [-0.39, 0.29) is 5.11 Å². The summed E-state index contributed by atoms with van der Waals surface area (Å²) in [5.74, 6) is 0.559. The fourth-order valence-corrected chi connectivity index (χ4v) is 3.29. The van der Waals surface area contributed by atoms with E-state index in [1.165, 1.54) is 5.56 Å². The number of anilines is 1. The van der Waals surface area contributed by atoms with E-state index in [1.54, 1.807) is 38.3 Å². The van der Waals surface area contributed by atoms with Crippen LogP contribution in [0, 0.1) is 0 Å². The predicted octanol–water partition coefficient (Wildman–Crippen LogP) is 3.49. The molecule has 2 aromatic carbocycles. The molecule has 0 radical (unpaired) electrons. The highest BCUT2D eigenvalue weighted by atomic mass is 32.1. The molecule has 3 rings (SSSR count). The lowest BCUT2D eigenvalue weighted by molar-refractivity contribution is -0.132. The lowest BCUT2D eigenvalue weighted by Crippen LogP contribution is -2.49. The third kappa shape index (κ3) is 4.17. The van der Waals surface area contributed by atoms with Crippen molar-refractivity contribution >= 4 is 35.0 Å². The molecule has 0 spiro atoms. The molecule has 8 heteroatoms. The van der Waals surface area contributed by atoms with Crippen LogP contribution in [-0.2, 0) is 10.3 Å². The highest BCUT2D eigenvalue weighted by Gasteiger charge is 2.50. The smallest absolute Gasteiger partial charge is 0.344 e. The van der Waals surface area contributed by atoms with Crippen LogP contribution in [0.25, 0.3) is 0 Å². The lowest BCUT2D eigenvalue weighted by Gasteiger charge is -2.23. The van der Waals surface area contributed by atoms with Crippen molar-refractivity contribution in [1.29, 1.82) is 0 Å². The number of urea groups is 1. The Kier molecular flexibility index (Phi) is 5.74. The van der Waals surface area contributed by atoms with E-state index in [2.05, 4.69) is 29.9 Å². The standard InChI is InChI=1S/C21H24N4O3S/c1-13(2)14-8-10-16(11-9-14)22-19(29)24-25-18(26)21(3,23-20(25)27)15-6-5-7-17(12-15)28-4/h5-13H,1-4H3,(H,23,27)(H2,22,24,29)/t21-/m1/s1. The van der Waals surface area contributed by atoms with Gasteiger partial charge < -0.3 is 15.4 Å². The van der Waals surface area contributed by atoms with Crippen LogP contribution in [-0.4, -0.2) is 29.2 Å². The van der Waals surface area contributed by atoms with Crippen molar-refractivity contribution in [3.8, 4) is 5.75 Å². The molecule has 0 aliphatic carbocycles. The Morgan fingerprint density at radius 2 is 1.86 bits per heavy atom. The second kappa shape index (κ2) is 8.08. The summed E-state index contributed by atoms with van der Waals surface area (Å²) in [6, 6.07) is 14.2. The number of nitrogens with zero attached hydrogens (tertiary/aromatic N) is 1. The van der Waals surface area contributed by atoms with E-state index in [4.69, 9.17) is 17.0 Å². The first-order chi connectivity index (χ1) is 13.7. The Morgan fingerprint density at radius 1 is 1.17 bits per heavy atom. The Morgan fingerprint density at radius 3 is 2.48 bits per heavy atom. The average Bonchev–Trinajstić information content (AvgIpc) is 2.92. The zero-order valence-electron chi connectivity index (χ0n) is 16.8. The lowest BCUT2D eigenvalue weighted by atomic mass is 9.92. The Bertz CT molecular complexity index is 945. The molecule has 2 aromatic rings. The first-order valence-electron chi connectivity index (χ1n) is 9.23. The van der Waals surface area contributed by atoms with E-state index in [9.17, 15) is 9.59 Å². The van der Waals surface area contributed by atoms with Gasteiger partial charge in [0.25, 0.3) is 5.91 Å². The van der Waals surface area contributed by atoms with Crippen molar-refractivity contribution in [2.45, 2.75) is 32.2 Å². The molecule has 1 saturated heterocycles. The van der Waals surface area contributed by atoms with Gasteiger partial charge in [0.2, 0.25) is 0 Å². The summed E-state index contributed by atoms with van der Waals surface area (Å²) in [5, 5.41) is 6.73. The van der Waals surface area contributed by atoms with Crippen LogP contribution in [0.3, 0.4) is 0 Å². The monoisotopic (exact) mass is 412 g/mol. The summed E-state index contributed by atoms with van der Waals surface area (Å²) >= 11 is 5.28. The van der Waals surface area contributed by atoms with Gasteiger partial charge in [-0.2, -0.15) is 5.01 Å². The largest absolute Gasteiger partial charge is 0.497 e. The average molecular weight is 413 g/mol. The minimum Gasteiger partial charge on any atom is -0.497 e. The first-order valence-corrected chi connectivity index (χ1v) is 9.64. The highest BCUT2D eigenvalue weighted by Crippen LogP contribution is 2.30. The summed E-state index contributed by atoms with van der Waals surface area (Å²) in [7, 11) is 1.54. The topological polar surface area (TPSA) is 82.7 Å². The molecular weight excluding hydrogens is 388 g/mol. The zero-order valence-corrected chi connectivity index (χ0v) is 17.6. The molecule has 3 N–H and O–H groups in total. The van der Waals surface area contributed by atoms with E-state index < -0.39 is 17.5 Å². The van der Waals surface area contributed by atoms with Gasteiger partial charge in [-0.3, -0.25) is 10.2 Å². The molecule has 1 fully saturated rings. The van der Waals surface area contributed by atoms with Gasteiger partial charge >= 0.3 is 6.03 Å². The Hall–Kier alpha value is -3.13. The maximum absolute atomic E-state index is 13.0. The van der Waals surface area contributed by atoms with Gasteiger partial charge in [0.05, 0.1) is 7.11 Å². The number of imide groups is 1. The molecule has 3 amide bonds. The second-order valence-electron chi connectivity index (χ2n) is 7.27. The molecular formula is C21H24N4O3S. The van der Waals surface area contributed by atoms with Gasteiger partial charge in [-0.05, 0) is 60.5 Å². The van der Waals surface area contributed by atoms with Crippen molar-refractivity contribution in [3.63, 3.8) is 0 Å². The summed E-state index contributed by atoms with van der Waals surface area (Å²) < 4.78 is 5.22. The number of methoxy groups -OCH3 is 1. The van der Waals surface area contributed by atoms with Crippen LogP contribution in [0.4, 0.5) is 10.5 Å². The maximum atomic E-state index is 13.0. The van der Waals surface area contributed by atoms with Crippen LogP contribution in [0.1, 0.15) is 37.8 Å². The van der Waals surface area contributed by atoms with Gasteiger partial charge in [-0.15, -0.1) is 0 Å². The van der Waals surface area contributed by atoms with Crippen LogP contribution in [0.2, 0.25) is 0 Å². The number of carbonyl (C=O) groups excluding carboxylic acids is 2. The number of hydrazine groups is 1. The van der Waals surface area contributed by atoms with Crippen LogP contribution in [0.5, 0.6) is 5.75 Å². The summed E-state index contributed by atoms with van der Waals surface area (Å²) in [4.78, 5) is 25.4. The molecule has 29 heavy (non-hydrogen) atoms. The van der Waals surface area contributed by atoms with Crippen molar-refractivity contribution in [1.82, 2.24) is 15.8 Å². The molecule has 0 saturated carbocycles. The number of benzene rings is 2. The predicted molar refractivity (Wildman–Crippen MR) is 116 cm³/mol. The van der Waals surface area contributed by atoms with Crippen LogP contribution >= 0.6 is 12.2 Å².